The van der Waals surface area contributed by atoms with Crippen LogP contribution in [0.3, 0.4) is 0 Å². The zero-order valence-corrected chi connectivity index (χ0v) is 17.6. The highest BCUT2D eigenvalue weighted by molar-refractivity contribution is 7.99. The van der Waals surface area contributed by atoms with E-state index in [-0.39, 0.29) is 23.7 Å². The van der Waals surface area contributed by atoms with E-state index in [1.807, 2.05) is 45.0 Å². The van der Waals surface area contributed by atoms with Gasteiger partial charge in [0.25, 0.3) is 0 Å². The first kappa shape index (κ1) is 21.1. The van der Waals surface area contributed by atoms with E-state index < -0.39 is 5.60 Å². The molecule has 7 nitrogen and oxygen atoms in total. The molecular weight excluding hydrogens is 364 g/mol. The number of aromatic nitrogens is 3. The predicted molar refractivity (Wildman–Crippen MR) is 106 cm³/mol. The summed E-state index contributed by atoms with van der Waals surface area (Å²) in [5.41, 5.74) is 0.809. The second-order valence-electron chi connectivity index (χ2n) is 8.21. The van der Waals surface area contributed by atoms with Crippen LogP contribution in [0.25, 0.3) is 0 Å². The minimum absolute atomic E-state index is 0.0935. The van der Waals surface area contributed by atoms with Crippen molar-refractivity contribution in [2.75, 3.05) is 11.6 Å². The van der Waals surface area contributed by atoms with Gasteiger partial charge in [0.15, 0.2) is 5.82 Å². The first-order chi connectivity index (χ1) is 12.5. The van der Waals surface area contributed by atoms with E-state index in [9.17, 15) is 4.79 Å². The molecule has 1 aromatic heterocycles. The number of nitrogens with zero attached hydrogens (tertiary/aromatic N) is 3. The Hall–Kier alpha value is -2.22. The normalized spacial score (nSPS) is 12.1. The Balaban J connectivity index is 1.91. The molecule has 0 aliphatic rings. The summed E-state index contributed by atoms with van der Waals surface area (Å²) in [6.45, 7) is 12.1. The Morgan fingerprint density at radius 1 is 1.11 bits per heavy atom. The lowest BCUT2D eigenvalue weighted by atomic mass is 9.87. The second kappa shape index (κ2) is 8.21. The molecule has 2 rings (SSSR count). The summed E-state index contributed by atoms with van der Waals surface area (Å²) in [6.07, 6.45) is 0. The molecule has 148 valence electrons. The van der Waals surface area contributed by atoms with Crippen LogP contribution >= 0.6 is 11.8 Å². The highest BCUT2D eigenvalue weighted by Crippen LogP contribution is 2.24. The van der Waals surface area contributed by atoms with Crippen LogP contribution < -0.4 is 10.6 Å². The Bertz CT molecular complexity index is 774. The van der Waals surface area contributed by atoms with Gasteiger partial charge in [-0.2, -0.15) is 0 Å². The van der Waals surface area contributed by atoms with Gasteiger partial charge in [-0.3, -0.25) is 4.79 Å². The Labute approximate surface area is 164 Å². The van der Waals surface area contributed by atoms with Gasteiger partial charge < -0.3 is 15.3 Å². The van der Waals surface area contributed by atoms with E-state index in [0.717, 1.165) is 5.75 Å². The summed E-state index contributed by atoms with van der Waals surface area (Å²) in [5, 5.41) is 8.47. The predicted octanol–water partition coefficient (Wildman–Crippen LogP) is 3.30. The molecule has 0 atom stereocenters. The first-order valence-corrected chi connectivity index (χ1v) is 9.71. The van der Waals surface area contributed by atoms with Crippen molar-refractivity contribution >= 4 is 17.7 Å². The number of carbonyl (C=O) groups is 1. The number of rotatable bonds is 6. The molecule has 27 heavy (non-hydrogen) atoms. The summed E-state index contributed by atoms with van der Waals surface area (Å²) in [6, 6.07) is 7.95. The molecule has 0 radical (unpaired) electrons. The summed E-state index contributed by atoms with van der Waals surface area (Å²) in [7, 11) is 0. The van der Waals surface area contributed by atoms with Crippen LogP contribution in [0.4, 0.5) is 0 Å². The average molecular weight is 393 g/mol. The highest BCUT2D eigenvalue weighted by atomic mass is 32.2. The van der Waals surface area contributed by atoms with Crippen molar-refractivity contribution in [3.63, 3.8) is 0 Å². The Kier molecular flexibility index (Phi) is 6.41. The molecule has 8 heteroatoms. The molecule has 0 aliphatic heterocycles. The molecule has 0 saturated heterocycles. The number of esters is 1. The summed E-state index contributed by atoms with van der Waals surface area (Å²) in [4.78, 5) is 11.8. The van der Waals surface area contributed by atoms with Gasteiger partial charge in [0.05, 0.1) is 5.75 Å². The maximum atomic E-state index is 11.8. The van der Waals surface area contributed by atoms with Crippen molar-refractivity contribution in [1.82, 2.24) is 14.9 Å². The van der Waals surface area contributed by atoms with Crippen LogP contribution in [-0.2, 0) is 21.6 Å². The smallest absolute Gasteiger partial charge is 0.316 e. The van der Waals surface area contributed by atoms with Crippen LogP contribution in [0.1, 0.15) is 52.9 Å². The first-order valence-electron chi connectivity index (χ1n) is 8.73. The van der Waals surface area contributed by atoms with Gasteiger partial charge in [0.1, 0.15) is 18.0 Å². The molecule has 0 unspecified atom stereocenters. The zero-order valence-electron chi connectivity index (χ0n) is 16.8. The summed E-state index contributed by atoms with van der Waals surface area (Å²) in [5.74, 6) is 6.99. The number of ether oxygens (including phenoxy) is 2. The number of hydrogen-bond acceptors (Lipinski definition) is 7. The van der Waals surface area contributed by atoms with Crippen LogP contribution in [-0.4, -0.2) is 32.2 Å². The summed E-state index contributed by atoms with van der Waals surface area (Å²) >= 11 is 1.18. The molecule has 0 aliphatic carbocycles. The highest BCUT2D eigenvalue weighted by Gasteiger charge is 2.18. The van der Waals surface area contributed by atoms with Crippen LogP contribution in [0, 0.1) is 0 Å². The molecular formula is C19H28N4O3S. The SMILES string of the molecule is CC(C)(C)OC(=O)CSc1nnc(COc2ccc(C(C)(C)C)cc2)n1N. The maximum absolute atomic E-state index is 11.8. The molecule has 0 fully saturated rings. The minimum Gasteiger partial charge on any atom is -0.486 e. The largest absolute Gasteiger partial charge is 0.486 e. The number of carbonyl (C=O) groups excluding carboxylic acids is 1. The molecule has 0 bridgehead atoms. The topological polar surface area (TPSA) is 92.3 Å². The van der Waals surface area contributed by atoms with Gasteiger partial charge in [-0.05, 0) is 43.9 Å². The number of hydrogen-bond donors (Lipinski definition) is 1. The van der Waals surface area contributed by atoms with E-state index in [1.54, 1.807) is 0 Å². The van der Waals surface area contributed by atoms with Gasteiger partial charge >= 0.3 is 5.97 Å². The van der Waals surface area contributed by atoms with Gasteiger partial charge in [-0.25, -0.2) is 4.68 Å². The molecule has 2 aromatic rings. The second-order valence-corrected chi connectivity index (χ2v) is 9.15. The van der Waals surface area contributed by atoms with Crippen LogP contribution in [0.5, 0.6) is 5.75 Å². The Morgan fingerprint density at radius 2 is 1.74 bits per heavy atom. The summed E-state index contributed by atoms with van der Waals surface area (Å²) < 4.78 is 12.3. The van der Waals surface area contributed by atoms with Crippen molar-refractivity contribution < 1.29 is 14.3 Å². The zero-order chi connectivity index (χ0) is 20.2. The van der Waals surface area contributed by atoms with Crippen molar-refractivity contribution in [3.8, 4) is 5.75 Å². The fourth-order valence-electron chi connectivity index (χ4n) is 2.20. The fourth-order valence-corrected chi connectivity index (χ4v) is 2.85. The van der Waals surface area contributed by atoms with E-state index in [4.69, 9.17) is 15.3 Å². The van der Waals surface area contributed by atoms with Crippen molar-refractivity contribution in [2.24, 2.45) is 0 Å². The van der Waals surface area contributed by atoms with Crippen molar-refractivity contribution in [2.45, 2.75) is 64.3 Å². The van der Waals surface area contributed by atoms with E-state index in [0.29, 0.717) is 11.0 Å². The lowest BCUT2D eigenvalue weighted by Gasteiger charge is -2.19. The standard InChI is InChI=1S/C19H28N4O3S/c1-18(2,3)13-7-9-14(10-8-13)25-11-15-21-22-17(23(15)20)27-12-16(24)26-19(4,5)6/h7-10H,11-12,20H2,1-6H3. The van der Waals surface area contributed by atoms with Gasteiger partial charge in [0, 0.05) is 0 Å². The van der Waals surface area contributed by atoms with Crippen molar-refractivity contribution in [1.29, 1.82) is 0 Å². The third kappa shape index (κ3) is 6.46. The molecule has 1 aromatic carbocycles. The number of benzene rings is 1. The lowest BCUT2D eigenvalue weighted by Crippen LogP contribution is -2.25. The van der Waals surface area contributed by atoms with E-state index in [2.05, 4.69) is 31.0 Å². The van der Waals surface area contributed by atoms with Crippen LogP contribution in [0.15, 0.2) is 29.4 Å². The van der Waals surface area contributed by atoms with Gasteiger partial charge in [-0.1, -0.05) is 44.7 Å². The average Bonchev–Trinajstić information content (AvgIpc) is 2.89. The Morgan fingerprint density at radius 3 is 2.30 bits per heavy atom. The lowest BCUT2D eigenvalue weighted by molar-refractivity contribution is -0.151. The molecule has 0 saturated carbocycles. The van der Waals surface area contributed by atoms with E-state index >= 15 is 0 Å². The van der Waals surface area contributed by atoms with Gasteiger partial charge in [0.2, 0.25) is 5.16 Å². The third-order valence-electron chi connectivity index (χ3n) is 3.56. The number of nitrogen functional groups attached to an aromatic ring is 1. The monoisotopic (exact) mass is 392 g/mol. The third-order valence-corrected chi connectivity index (χ3v) is 4.48. The molecule has 0 amide bonds. The molecule has 2 N–H and O–H groups in total. The fraction of sp³-hybridized carbons (Fsp3) is 0.526. The quantitative estimate of drug-likeness (QED) is 0.458. The minimum atomic E-state index is -0.518. The molecule has 0 spiro atoms. The van der Waals surface area contributed by atoms with Gasteiger partial charge in [-0.15, -0.1) is 10.2 Å². The number of thioether (sulfide) groups is 1. The van der Waals surface area contributed by atoms with Crippen LogP contribution in [0.2, 0.25) is 0 Å². The maximum Gasteiger partial charge on any atom is 0.316 e. The number of nitrogens with two attached hydrogens (primary N) is 1. The van der Waals surface area contributed by atoms with Crippen molar-refractivity contribution in [3.05, 3.63) is 35.7 Å². The molecule has 1 heterocycles. The van der Waals surface area contributed by atoms with E-state index in [1.165, 1.54) is 22.0 Å².